The van der Waals surface area contributed by atoms with Gasteiger partial charge in [0.05, 0.1) is 19.3 Å². The molecule has 1 N–H and O–H groups in total. The van der Waals surface area contributed by atoms with E-state index in [1.54, 1.807) is 6.20 Å². The molecule has 1 aromatic heterocycles. The molecular weight excluding hydrogens is 180 g/mol. The largest absolute Gasteiger partial charge is 0.395 e. The second-order valence-corrected chi connectivity index (χ2v) is 3.78. The van der Waals surface area contributed by atoms with Crippen LogP contribution in [0.1, 0.15) is 25.0 Å². The van der Waals surface area contributed by atoms with Crippen molar-refractivity contribution in [2.24, 2.45) is 0 Å². The zero-order chi connectivity index (χ0) is 9.80. The van der Waals surface area contributed by atoms with Gasteiger partial charge in [0.2, 0.25) is 0 Å². The van der Waals surface area contributed by atoms with E-state index in [4.69, 9.17) is 4.52 Å². The molecule has 0 spiro atoms. The van der Waals surface area contributed by atoms with Gasteiger partial charge < -0.3 is 9.63 Å². The summed E-state index contributed by atoms with van der Waals surface area (Å²) in [5.74, 6) is 0.880. The average molecular weight is 196 g/mol. The molecule has 0 radical (unpaired) electrons. The van der Waals surface area contributed by atoms with E-state index in [-0.39, 0.29) is 6.61 Å². The minimum atomic E-state index is 0.244. The first kappa shape index (κ1) is 9.68. The molecule has 14 heavy (non-hydrogen) atoms. The lowest BCUT2D eigenvalue weighted by atomic mass is 10.0. The number of nitrogens with zero attached hydrogens (tertiary/aromatic N) is 2. The summed E-state index contributed by atoms with van der Waals surface area (Å²) >= 11 is 0. The van der Waals surface area contributed by atoms with Gasteiger partial charge in [-0.05, 0) is 19.4 Å². The Morgan fingerprint density at radius 1 is 1.57 bits per heavy atom. The van der Waals surface area contributed by atoms with Crippen molar-refractivity contribution < 1.29 is 9.63 Å². The summed E-state index contributed by atoms with van der Waals surface area (Å²) in [6, 6.07) is 2.18. The molecule has 2 heterocycles. The summed E-state index contributed by atoms with van der Waals surface area (Å²) in [5, 5.41) is 12.9. The Kier molecular flexibility index (Phi) is 3.16. The fourth-order valence-electron chi connectivity index (χ4n) is 2.00. The Morgan fingerprint density at radius 3 is 3.21 bits per heavy atom. The van der Waals surface area contributed by atoms with Gasteiger partial charge in [-0.1, -0.05) is 11.6 Å². The summed E-state index contributed by atoms with van der Waals surface area (Å²) < 4.78 is 5.06. The van der Waals surface area contributed by atoms with Gasteiger partial charge in [0.1, 0.15) is 0 Å². The number of rotatable bonds is 3. The van der Waals surface area contributed by atoms with E-state index >= 15 is 0 Å². The first-order chi connectivity index (χ1) is 6.90. The summed E-state index contributed by atoms with van der Waals surface area (Å²) in [7, 11) is 0. The molecule has 1 aromatic rings. The van der Waals surface area contributed by atoms with E-state index in [1.807, 2.05) is 6.07 Å². The first-order valence-electron chi connectivity index (χ1n) is 5.14. The van der Waals surface area contributed by atoms with Gasteiger partial charge in [0.15, 0.2) is 5.76 Å². The molecule has 1 aliphatic heterocycles. The predicted molar refractivity (Wildman–Crippen MR) is 51.6 cm³/mol. The molecule has 0 amide bonds. The van der Waals surface area contributed by atoms with Crippen molar-refractivity contribution in [2.75, 3.05) is 13.2 Å². The molecule has 0 saturated carbocycles. The minimum absolute atomic E-state index is 0.244. The highest BCUT2D eigenvalue weighted by Gasteiger charge is 2.22. The second kappa shape index (κ2) is 4.57. The molecule has 1 aliphatic rings. The van der Waals surface area contributed by atoms with Gasteiger partial charge in [-0.15, -0.1) is 0 Å². The van der Waals surface area contributed by atoms with Crippen LogP contribution in [0.3, 0.4) is 0 Å². The number of piperidine rings is 1. The third-order valence-corrected chi connectivity index (χ3v) is 2.81. The molecule has 0 aromatic carbocycles. The topological polar surface area (TPSA) is 49.5 Å². The van der Waals surface area contributed by atoms with Crippen LogP contribution in [-0.2, 0) is 6.54 Å². The highest BCUT2D eigenvalue weighted by molar-refractivity contribution is 4.94. The predicted octanol–water partition coefficient (Wildman–Crippen LogP) is 1.02. The Labute approximate surface area is 83.5 Å². The summed E-state index contributed by atoms with van der Waals surface area (Å²) in [5.41, 5.74) is 0. The van der Waals surface area contributed by atoms with Crippen LogP contribution in [0.4, 0.5) is 0 Å². The number of aliphatic hydroxyl groups is 1. The zero-order valence-electron chi connectivity index (χ0n) is 8.22. The van der Waals surface area contributed by atoms with Crippen molar-refractivity contribution >= 4 is 0 Å². The maximum atomic E-state index is 9.20. The molecule has 78 valence electrons. The molecule has 4 heteroatoms. The standard InChI is InChI=1S/C10H16N2O2/c13-8-9-3-1-2-6-12(9)7-10-4-5-11-14-10/h4-5,9,13H,1-3,6-8H2. The first-order valence-corrected chi connectivity index (χ1v) is 5.14. The third kappa shape index (κ3) is 2.13. The van der Waals surface area contributed by atoms with E-state index in [0.29, 0.717) is 6.04 Å². The fraction of sp³-hybridized carbons (Fsp3) is 0.700. The Bertz CT molecular complexity index is 261. The Morgan fingerprint density at radius 2 is 2.50 bits per heavy atom. The van der Waals surface area contributed by atoms with Crippen molar-refractivity contribution in [2.45, 2.75) is 31.8 Å². The number of aromatic nitrogens is 1. The molecule has 0 bridgehead atoms. The van der Waals surface area contributed by atoms with Crippen LogP contribution in [0, 0.1) is 0 Å². The molecule has 1 fully saturated rings. The monoisotopic (exact) mass is 196 g/mol. The lowest BCUT2D eigenvalue weighted by Gasteiger charge is -2.33. The molecular formula is C10H16N2O2. The van der Waals surface area contributed by atoms with E-state index in [9.17, 15) is 5.11 Å². The Hall–Kier alpha value is -0.870. The highest BCUT2D eigenvalue weighted by Crippen LogP contribution is 2.18. The SMILES string of the molecule is OCC1CCCCN1Cc1ccno1. The smallest absolute Gasteiger partial charge is 0.150 e. The quantitative estimate of drug-likeness (QED) is 0.784. The third-order valence-electron chi connectivity index (χ3n) is 2.81. The zero-order valence-corrected chi connectivity index (χ0v) is 8.22. The summed E-state index contributed by atoms with van der Waals surface area (Å²) in [6.07, 6.45) is 5.18. The van der Waals surface area contributed by atoms with Gasteiger partial charge in [0, 0.05) is 12.1 Å². The van der Waals surface area contributed by atoms with Crippen molar-refractivity contribution in [3.63, 3.8) is 0 Å². The van der Waals surface area contributed by atoms with E-state index < -0.39 is 0 Å². The average Bonchev–Trinajstić information content (AvgIpc) is 2.71. The molecule has 1 atom stereocenters. The van der Waals surface area contributed by atoms with Gasteiger partial charge in [-0.2, -0.15) is 0 Å². The van der Waals surface area contributed by atoms with Crippen LogP contribution in [0.15, 0.2) is 16.8 Å². The minimum Gasteiger partial charge on any atom is -0.395 e. The second-order valence-electron chi connectivity index (χ2n) is 3.78. The van der Waals surface area contributed by atoms with Crippen LogP contribution in [0.2, 0.25) is 0 Å². The summed E-state index contributed by atoms with van der Waals surface area (Å²) in [6.45, 7) is 2.06. The van der Waals surface area contributed by atoms with Crippen molar-refractivity contribution in [3.05, 3.63) is 18.0 Å². The van der Waals surface area contributed by atoms with Crippen molar-refractivity contribution in [1.29, 1.82) is 0 Å². The fourth-order valence-corrected chi connectivity index (χ4v) is 2.00. The van der Waals surface area contributed by atoms with Crippen molar-refractivity contribution in [1.82, 2.24) is 10.1 Å². The number of likely N-dealkylation sites (tertiary alicyclic amines) is 1. The number of hydrogen-bond donors (Lipinski definition) is 1. The van der Waals surface area contributed by atoms with Crippen LogP contribution < -0.4 is 0 Å². The van der Waals surface area contributed by atoms with Crippen LogP contribution in [0.25, 0.3) is 0 Å². The van der Waals surface area contributed by atoms with Crippen LogP contribution in [0.5, 0.6) is 0 Å². The van der Waals surface area contributed by atoms with Crippen molar-refractivity contribution in [3.8, 4) is 0 Å². The lowest BCUT2D eigenvalue weighted by Crippen LogP contribution is -2.41. The maximum absolute atomic E-state index is 9.20. The van der Waals surface area contributed by atoms with Gasteiger partial charge in [-0.25, -0.2) is 0 Å². The van der Waals surface area contributed by atoms with Crippen LogP contribution >= 0.6 is 0 Å². The van der Waals surface area contributed by atoms with Gasteiger partial charge in [-0.3, -0.25) is 4.90 Å². The molecule has 0 aliphatic carbocycles. The maximum Gasteiger partial charge on any atom is 0.150 e. The number of hydrogen-bond acceptors (Lipinski definition) is 4. The van der Waals surface area contributed by atoms with E-state index in [1.165, 1.54) is 12.8 Å². The summed E-state index contributed by atoms with van der Waals surface area (Å²) in [4.78, 5) is 2.27. The van der Waals surface area contributed by atoms with Gasteiger partial charge >= 0.3 is 0 Å². The molecule has 1 unspecified atom stereocenters. The van der Waals surface area contributed by atoms with Crippen LogP contribution in [-0.4, -0.2) is 34.4 Å². The molecule has 4 nitrogen and oxygen atoms in total. The molecule has 1 saturated heterocycles. The van der Waals surface area contributed by atoms with E-state index in [0.717, 1.165) is 25.3 Å². The number of aliphatic hydroxyl groups excluding tert-OH is 1. The lowest BCUT2D eigenvalue weighted by molar-refractivity contribution is 0.0764. The Balaban J connectivity index is 1.94. The van der Waals surface area contributed by atoms with E-state index in [2.05, 4.69) is 10.1 Å². The highest BCUT2D eigenvalue weighted by atomic mass is 16.5. The van der Waals surface area contributed by atoms with Gasteiger partial charge in [0.25, 0.3) is 0 Å². The normalized spacial score (nSPS) is 23.9. The molecule has 2 rings (SSSR count).